The van der Waals surface area contributed by atoms with Gasteiger partial charge in [-0.05, 0) is 11.8 Å². The van der Waals surface area contributed by atoms with Gasteiger partial charge in [-0.3, -0.25) is 0 Å². The lowest BCUT2D eigenvalue weighted by atomic mass is 10.00. The standard InChI is InChI=1S/C11H18N2O3/c1-9(2)10(3)6-15-11(14)16-8-13-5-4-12-7-13/h4-5,7,9-10H,6,8H2,1-3H3. The van der Waals surface area contributed by atoms with Crippen molar-refractivity contribution in [3.8, 4) is 0 Å². The maximum absolute atomic E-state index is 11.2. The van der Waals surface area contributed by atoms with Crippen molar-refractivity contribution in [3.05, 3.63) is 18.7 Å². The van der Waals surface area contributed by atoms with Gasteiger partial charge in [0.15, 0.2) is 6.73 Å². The molecule has 0 aliphatic heterocycles. The molecule has 0 radical (unpaired) electrons. The van der Waals surface area contributed by atoms with Gasteiger partial charge >= 0.3 is 6.16 Å². The molecule has 0 aromatic carbocycles. The van der Waals surface area contributed by atoms with Crippen LogP contribution in [0.15, 0.2) is 18.7 Å². The summed E-state index contributed by atoms with van der Waals surface area (Å²) < 4.78 is 11.5. The quantitative estimate of drug-likeness (QED) is 0.723. The third-order valence-electron chi connectivity index (χ3n) is 2.49. The Morgan fingerprint density at radius 1 is 1.38 bits per heavy atom. The van der Waals surface area contributed by atoms with Crippen LogP contribution in [-0.4, -0.2) is 22.3 Å². The summed E-state index contributed by atoms with van der Waals surface area (Å²) in [5.41, 5.74) is 0. The van der Waals surface area contributed by atoms with Crippen molar-refractivity contribution in [1.82, 2.24) is 9.55 Å². The van der Waals surface area contributed by atoms with Crippen LogP contribution in [0.4, 0.5) is 4.79 Å². The minimum Gasteiger partial charge on any atom is -0.434 e. The van der Waals surface area contributed by atoms with E-state index >= 15 is 0 Å². The van der Waals surface area contributed by atoms with Crippen LogP contribution in [0.25, 0.3) is 0 Å². The summed E-state index contributed by atoms with van der Waals surface area (Å²) in [6.07, 6.45) is 4.27. The van der Waals surface area contributed by atoms with Gasteiger partial charge in [0.1, 0.15) is 0 Å². The fraction of sp³-hybridized carbons (Fsp3) is 0.636. The maximum atomic E-state index is 11.2. The van der Waals surface area contributed by atoms with Crippen molar-refractivity contribution in [2.45, 2.75) is 27.5 Å². The molecule has 0 N–H and O–H groups in total. The van der Waals surface area contributed by atoms with Crippen molar-refractivity contribution >= 4 is 6.16 Å². The zero-order chi connectivity index (χ0) is 12.0. The second kappa shape index (κ2) is 6.15. The number of carbonyl (C=O) groups excluding carboxylic acids is 1. The van der Waals surface area contributed by atoms with Crippen LogP contribution in [0.2, 0.25) is 0 Å². The topological polar surface area (TPSA) is 53.4 Å². The summed E-state index contributed by atoms with van der Waals surface area (Å²) in [5, 5.41) is 0. The fourth-order valence-corrected chi connectivity index (χ4v) is 0.924. The molecular formula is C11H18N2O3. The summed E-state index contributed by atoms with van der Waals surface area (Å²) in [7, 11) is 0. The fourth-order valence-electron chi connectivity index (χ4n) is 0.924. The summed E-state index contributed by atoms with van der Waals surface area (Å²) in [5.74, 6) is 0.822. The first kappa shape index (κ1) is 12.5. The zero-order valence-electron chi connectivity index (χ0n) is 9.92. The predicted octanol–water partition coefficient (Wildman–Crippen LogP) is 2.29. The summed E-state index contributed by atoms with van der Waals surface area (Å²) in [6, 6.07) is 0. The van der Waals surface area contributed by atoms with E-state index in [1.165, 1.54) is 0 Å². The van der Waals surface area contributed by atoms with Gasteiger partial charge in [0.05, 0.1) is 12.9 Å². The highest BCUT2D eigenvalue weighted by Gasteiger charge is 2.11. The van der Waals surface area contributed by atoms with E-state index in [2.05, 4.69) is 18.8 Å². The van der Waals surface area contributed by atoms with E-state index in [4.69, 9.17) is 9.47 Å². The van der Waals surface area contributed by atoms with E-state index in [9.17, 15) is 4.79 Å². The molecule has 0 fully saturated rings. The molecule has 0 aliphatic carbocycles. The molecule has 0 saturated carbocycles. The van der Waals surface area contributed by atoms with Crippen LogP contribution in [0.5, 0.6) is 0 Å². The molecule has 5 heteroatoms. The third-order valence-corrected chi connectivity index (χ3v) is 2.49. The number of aromatic nitrogens is 2. The van der Waals surface area contributed by atoms with Crippen LogP contribution in [0.1, 0.15) is 20.8 Å². The molecule has 0 bridgehead atoms. The van der Waals surface area contributed by atoms with Gasteiger partial charge in [0.2, 0.25) is 0 Å². The summed E-state index contributed by atoms with van der Waals surface area (Å²) >= 11 is 0. The molecule has 0 amide bonds. The number of ether oxygens (including phenoxy) is 2. The lowest BCUT2D eigenvalue weighted by Crippen LogP contribution is -2.17. The van der Waals surface area contributed by atoms with E-state index in [1.54, 1.807) is 23.3 Å². The average Bonchev–Trinajstić information content (AvgIpc) is 2.75. The number of rotatable bonds is 5. The van der Waals surface area contributed by atoms with Gasteiger partial charge < -0.3 is 14.0 Å². The number of imidazole rings is 1. The Labute approximate surface area is 95.4 Å². The normalized spacial score (nSPS) is 12.5. The van der Waals surface area contributed by atoms with E-state index in [0.29, 0.717) is 18.4 Å². The Hall–Kier alpha value is -1.52. The average molecular weight is 226 g/mol. The first-order valence-electron chi connectivity index (χ1n) is 5.35. The molecule has 1 unspecified atom stereocenters. The maximum Gasteiger partial charge on any atom is 0.510 e. The van der Waals surface area contributed by atoms with Crippen molar-refractivity contribution in [3.63, 3.8) is 0 Å². The second-order valence-corrected chi connectivity index (χ2v) is 4.13. The molecule has 1 aromatic heterocycles. The number of hydrogen-bond acceptors (Lipinski definition) is 4. The van der Waals surface area contributed by atoms with Gasteiger partial charge in [-0.25, -0.2) is 9.78 Å². The minimum atomic E-state index is -0.638. The van der Waals surface area contributed by atoms with Crippen LogP contribution in [0, 0.1) is 11.8 Å². The molecule has 0 aliphatic rings. The Morgan fingerprint density at radius 2 is 2.12 bits per heavy atom. The van der Waals surface area contributed by atoms with E-state index in [1.807, 2.05) is 6.92 Å². The highest BCUT2D eigenvalue weighted by atomic mass is 16.7. The number of carbonyl (C=O) groups is 1. The monoisotopic (exact) mass is 226 g/mol. The van der Waals surface area contributed by atoms with Crippen LogP contribution < -0.4 is 0 Å². The van der Waals surface area contributed by atoms with Crippen LogP contribution >= 0.6 is 0 Å². The molecule has 1 aromatic rings. The third kappa shape index (κ3) is 4.33. The number of nitrogens with zero attached hydrogens (tertiary/aromatic N) is 2. The molecule has 0 saturated heterocycles. The highest BCUT2D eigenvalue weighted by molar-refractivity contribution is 5.59. The van der Waals surface area contributed by atoms with Crippen molar-refractivity contribution in [1.29, 1.82) is 0 Å². The summed E-state index contributed by atoms with van der Waals surface area (Å²) in [6.45, 7) is 6.73. The van der Waals surface area contributed by atoms with Crippen molar-refractivity contribution in [2.75, 3.05) is 6.61 Å². The largest absolute Gasteiger partial charge is 0.510 e. The molecule has 0 spiro atoms. The first-order valence-corrected chi connectivity index (χ1v) is 5.35. The van der Waals surface area contributed by atoms with E-state index in [-0.39, 0.29) is 6.73 Å². The van der Waals surface area contributed by atoms with Gasteiger partial charge in [-0.15, -0.1) is 0 Å². The zero-order valence-corrected chi connectivity index (χ0v) is 9.92. The Kier molecular flexibility index (Phi) is 4.82. The SMILES string of the molecule is CC(C)C(C)COC(=O)OCn1ccnc1. The lowest BCUT2D eigenvalue weighted by molar-refractivity contribution is 0.0223. The van der Waals surface area contributed by atoms with Gasteiger partial charge in [-0.2, -0.15) is 0 Å². The molecule has 1 atom stereocenters. The molecule has 1 rings (SSSR count). The van der Waals surface area contributed by atoms with Gasteiger partial charge in [-0.1, -0.05) is 20.8 Å². The molecule has 90 valence electrons. The molecule has 16 heavy (non-hydrogen) atoms. The first-order chi connectivity index (χ1) is 7.59. The Morgan fingerprint density at radius 3 is 2.69 bits per heavy atom. The van der Waals surface area contributed by atoms with Crippen LogP contribution in [0.3, 0.4) is 0 Å². The van der Waals surface area contributed by atoms with Gasteiger partial charge in [0, 0.05) is 12.4 Å². The van der Waals surface area contributed by atoms with Gasteiger partial charge in [0.25, 0.3) is 0 Å². The van der Waals surface area contributed by atoms with Crippen molar-refractivity contribution in [2.24, 2.45) is 11.8 Å². The van der Waals surface area contributed by atoms with Crippen molar-refractivity contribution < 1.29 is 14.3 Å². The Bertz CT molecular complexity index is 309. The molecule has 5 nitrogen and oxygen atoms in total. The van der Waals surface area contributed by atoms with E-state index < -0.39 is 6.16 Å². The minimum absolute atomic E-state index is 0.134. The van der Waals surface area contributed by atoms with Crippen LogP contribution in [-0.2, 0) is 16.2 Å². The lowest BCUT2D eigenvalue weighted by Gasteiger charge is -2.15. The second-order valence-electron chi connectivity index (χ2n) is 4.13. The highest BCUT2D eigenvalue weighted by Crippen LogP contribution is 2.09. The predicted molar refractivity (Wildman–Crippen MR) is 58.7 cm³/mol. The summed E-state index contributed by atoms with van der Waals surface area (Å²) in [4.78, 5) is 15.0. The Balaban J connectivity index is 2.16. The molecule has 1 heterocycles. The number of hydrogen-bond donors (Lipinski definition) is 0. The smallest absolute Gasteiger partial charge is 0.434 e. The van der Waals surface area contributed by atoms with E-state index in [0.717, 1.165) is 0 Å². The molecular weight excluding hydrogens is 208 g/mol.